The van der Waals surface area contributed by atoms with Crippen molar-refractivity contribution in [2.24, 2.45) is 5.41 Å². The third-order valence-electron chi connectivity index (χ3n) is 6.94. The third kappa shape index (κ3) is 4.87. The van der Waals surface area contributed by atoms with E-state index in [1.54, 1.807) is 6.92 Å². The van der Waals surface area contributed by atoms with Crippen LogP contribution in [-0.4, -0.2) is 42.3 Å². The Balaban J connectivity index is 1.31. The lowest BCUT2D eigenvalue weighted by atomic mass is 9.66. The van der Waals surface area contributed by atoms with Crippen molar-refractivity contribution in [3.63, 3.8) is 0 Å². The zero-order valence-electron chi connectivity index (χ0n) is 18.8. The molecule has 1 fully saturated rings. The number of amides is 2. The number of alkyl carbamates (subject to hydrolysis) is 1. The molecule has 2 aromatic carbocycles. The summed E-state index contributed by atoms with van der Waals surface area (Å²) in [7, 11) is 0. The van der Waals surface area contributed by atoms with Crippen LogP contribution in [0.2, 0.25) is 0 Å². The van der Waals surface area contributed by atoms with Crippen LogP contribution in [0.3, 0.4) is 0 Å². The number of hydrogen-bond acceptors (Lipinski definition) is 4. The molecule has 4 rings (SSSR count). The van der Waals surface area contributed by atoms with Crippen molar-refractivity contribution in [1.29, 1.82) is 0 Å². The molecule has 0 aliphatic heterocycles. The van der Waals surface area contributed by atoms with Gasteiger partial charge in [-0.15, -0.1) is 0 Å². The van der Waals surface area contributed by atoms with Crippen LogP contribution in [0, 0.1) is 5.41 Å². The molecule has 2 amide bonds. The summed E-state index contributed by atoms with van der Waals surface area (Å²) in [4.78, 5) is 36.1. The van der Waals surface area contributed by atoms with Gasteiger partial charge in [0.25, 0.3) is 0 Å². The average Bonchev–Trinajstić information content (AvgIpc) is 3.11. The molecular formula is C26H30N2O5. The highest BCUT2D eigenvalue weighted by Gasteiger charge is 2.40. The molecular weight excluding hydrogens is 420 g/mol. The minimum atomic E-state index is -1.04. The molecule has 0 saturated heterocycles. The Morgan fingerprint density at radius 3 is 2.18 bits per heavy atom. The molecule has 33 heavy (non-hydrogen) atoms. The van der Waals surface area contributed by atoms with Crippen LogP contribution in [0.25, 0.3) is 11.1 Å². The predicted molar refractivity (Wildman–Crippen MR) is 124 cm³/mol. The summed E-state index contributed by atoms with van der Waals surface area (Å²) in [6.45, 7) is 2.29. The maximum absolute atomic E-state index is 12.5. The molecule has 2 aliphatic carbocycles. The molecule has 3 N–H and O–H groups in total. The Kier molecular flexibility index (Phi) is 6.67. The fourth-order valence-electron chi connectivity index (χ4n) is 4.93. The van der Waals surface area contributed by atoms with Crippen LogP contribution >= 0.6 is 0 Å². The lowest BCUT2D eigenvalue weighted by Gasteiger charge is -2.41. The summed E-state index contributed by atoms with van der Waals surface area (Å²) in [5, 5.41) is 14.6. The van der Waals surface area contributed by atoms with E-state index in [2.05, 4.69) is 34.9 Å². The molecule has 0 radical (unpaired) electrons. The number of nitrogens with one attached hydrogen (secondary N) is 2. The van der Waals surface area contributed by atoms with Crippen molar-refractivity contribution >= 4 is 18.0 Å². The number of fused-ring (bicyclic) bond motifs is 3. The van der Waals surface area contributed by atoms with Gasteiger partial charge in [0.15, 0.2) is 0 Å². The van der Waals surface area contributed by atoms with Crippen LogP contribution < -0.4 is 10.6 Å². The number of carbonyl (C=O) groups is 3. The Hall–Kier alpha value is -3.35. The Morgan fingerprint density at radius 1 is 1.06 bits per heavy atom. The van der Waals surface area contributed by atoms with Gasteiger partial charge in [0.2, 0.25) is 5.91 Å². The minimum absolute atomic E-state index is 0.00594. The van der Waals surface area contributed by atoms with Gasteiger partial charge in [-0.25, -0.2) is 9.59 Å². The molecule has 0 spiro atoms. The smallest absolute Gasteiger partial charge is 0.407 e. The maximum Gasteiger partial charge on any atom is 0.407 e. The van der Waals surface area contributed by atoms with Gasteiger partial charge in [-0.1, -0.05) is 61.9 Å². The van der Waals surface area contributed by atoms with E-state index in [0.717, 1.165) is 30.4 Å². The molecule has 2 aliphatic rings. The van der Waals surface area contributed by atoms with Gasteiger partial charge >= 0.3 is 12.1 Å². The van der Waals surface area contributed by atoms with Crippen molar-refractivity contribution in [1.82, 2.24) is 10.6 Å². The van der Waals surface area contributed by atoms with Crippen LogP contribution in [0.15, 0.2) is 48.5 Å². The predicted octanol–water partition coefficient (Wildman–Crippen LogP) is 4.06. The molecule has 1 saturated carbocycles. The number of ether oxygens (including phenoxy) is 1. The first-order valence-corrected chi connectivity index (χ1v) is 11.5. The van der Waals surface area contributed by atoms with Crippen molar-refractivity contribution < 1.29 is 24.2 Å². The highest BCUT2D eigenvalue weighted by Crippen LogP contribution is 2.45. The summed E-state index contributed by atoms with van der Waals surface area (Å²) >= 11 is 0. The number of carboxylic acids is 1. The van der Waals surface area contributed by atoms with Gasteiger partial charge in [-0.05, 0) is 46.9 Å². The summed E-state index contributed by atoms with van der Waals surface area (Å²) < 4.78 is 5.59. The monoisotopic (exact) mass is 450 g/mol. The molecule has 0 heterocycles. The summed E-state index contributed by atoms with van der Waals surface area (Å²) in [6, 6.07) is 15.5. The van der Waals surface area contributed by atoms with E-state index in [4.69, 9.17) is 9.84 Å². The summed E-state index contributed by atoms with van der Waals surface area (Å²) in [5.74, 6) is -1.34. The molecule has 0 unspecified atom stereocenters. The van der Waals surface area contributed by atoms with Crippen molar-refractivity contribution in [3.05, 3.63) is 59.7 Å². The molecule has 0 bridgehead atoms. The fraction of sp³-hybridized carbons (Fsp3) is 0.423. The number of hydrogen-bond donors (Lipinski definition) is 3. The van der Waals surface area contributed by atoms with Gasteiger partial charge in [-0.2, -0.15) is 0 Å². The molecule has 7 nitrogen and oxygen atoms in total. The zero-order chi connectivity index (χ0) is 23.4. The van der Waals surface area contributed by atoms with Crippen LogP contribution in [0.4, 0.5) is 4.79 Å². The number of rotatable bonds is 9. The van der Waals surface area contributed by atoms with Gasteiger partial charge in [0.1, 0.15) is 12.6 Å². The van der Waals surface area contributed by atoms with E-state index >= 15 is 0 Å². The molecule has 0 aromatic heterocycles. The first kappa shape index (κ1) is 22.8. The topological polar surface area (TPSA) is 105 Å². The quantitative estimate of drug-likeness (QED) is 0.534. The van der Waals surface area contributed by atoms with Gasteiger partial charge in [0.05, 0.1) is 0 Å². The highest BCUT2D eigenvalue weighted by atomic mass is 16.5. The maximum atomic E-state index is 12.5. The van der Waals surface area contributed by atoms with E-state index in [1.807, 2.05) is 24.3 Å². The van der Waals surface area contributed by atoms with Crippen LogP contribution in [0.5, 0.6) is 0 Å². The van der Waals surface area contributed by atoms with E-state index in [-0.39, 0.29) is 30.3 Å². The normalized spacial score (nSPS) is 16.6. The van der Waals surface area contributed by atoms with Crippen LogP contribution in [-0.2, 0) is 14.3 Å². The molecule has 174 valence electrons. The standard InChI is InChI=1S/C26H30N2O5/c1-2-22(24(30)31)28-23(29)14-26(12-7-13-26)16-27-25(32)33-15-21-19-10-5-3-8-17(19)18-9-4-6-11-20(18)21/h3-6,8-11,21-22H,2,7,12-16H2,1H3,(H,27,32)(H,28,29)(H,30,31)/t22-/m1/s1. The first-order valence-electron chi connectivity index (χ1n) is 11.5. The second kappa shape index (κ2) is 9.65. The van der Waals surface area contributed by atoms with E-state index in [0.29, 0.717) is 13.0 Å². The number of carbonyl (C=O) groups excluding carboxylic acids is 2. The fourth-order valence-corrected chi connectivity index (χ4v) is 4.93. The zero-order valence-corrected chi connectivity index (χ0v) is 18.8. The largest absolute Gasteiger partial charge is 0.480 e. The van der Waals surface area contributed by atoms with Gasteiger partial charge in [-0.3, -0.25) is 4.79 Å². The molecule has 1 atom stereocenters. The van der Waals surface area contributed by atoms with Gasteiger partial charge < -0.3 is 20.5 Å². The third-order valence-corrected chi connectivity index (χ3v) is 6.94. The summed E-state index contributed by atoms with van der Waals surface area (Å²) in [5.41, 5.74) is 4.32. The van der Waals surface area contributed by atoms with E-state index in [1.165, 1.54) is 11.1 Å². The van der Waals surface area contributed by atoms with E-state index < -0.39 is 18.1 Å². The lowest BCUT2D eigenvalue weighted by Crippen LogP contribution is -2.48. The van der Waals surface area contributed by atoms with Gasteiger partial charge in [0, 0.05) is 18.9 Å². The second-order valence-electron chi connectivity index (χ2n) is 9.08. The molecule has 2 aromatic rings. The van der Waals surface area contributed by atoms with E-state index in [9.17, 15) is 14.4 Å². The first-order chi connectivity index (χ1) is 15.9. The Bertz CT molecular complexity index is 1000. The Labute approximate surface area is 193 Å². The van der Waals surface area contributed by atoms with Crippen molar-refractivity contribution in [2.75, 3.05) is 13.2 Å². The summed E-state index contributed by atoms with van der Waals surface area (Å²) in [6.07, 6.45) is 2.63. The van der Waals surface area contributed by atoms with Crippen molar-refractivity contribution in [3.8, 4) is 11.1 Å². The number of benzene rings is 2. The SMILES string of the molecule is CC[C@@H](NC(=O)CC1(CNC(=O)OCC2c3ccccc3-c3ccccc32)CCC1)C(=O)O. The second-order valence-corrected chi connectivity index (χ2v) is 9.08. The minimum Gasteiger partial charge on any atom is -0.480 e. The number of carboxylic acid groups (broad SMARTS) is 1. The average molecular weight is 451 g/mol. The van der Waals surface area contributed by atoms with Crippen molar-refractivity contribution in [2.45, 2.75) is 51.0 Å². The van der Waals surface area contributed by atoms with Crippen LogP contribution in [0.1, 0.15) is 56.1 Å². The highest BCUT2D eigenvalue weighted by molar-refractivity contribution is 5.84. The number of aliphatic carboxylic acids is 1. The Morgan fingerprint density at radius 2 is 1.67 bits per heavy atom. The molecule has 7 heteroatoms. The lowest BCUT2D eigenvalue weighted by molar-refractivity contribution is -0.142.